The van der Waals surface area contributed by atoms with Gasteiger partial charge in [0.1, 0.15) is 17.8 Å². The number of morpholine rings is 1. The van der Waals surface area contributed by atoms with Gasteiger partial charge in [-0.1, -0.05) is 12.1 Å². The Balaban J connectivity index is 1.45. The van der Waals surface area contributed by atoms with Crippen LogP contribution in [0.4, 0.5) is 0 Å². The maximum Gasteiger partial charge on any atom is 0.254 e. The first-order valence-electron chi connectivity index (χ1n) is 11.6. The van der Waals surface area contributed by atoms with Gasteiger partial charge in [-0.2, -0.15) is 0 Å². The number of rotatable bonds is 7. The van der Waals surface area contributed by atoms with Gasteiger partial charge in [0.15, 0.2) is 0 Å². The number of aromatic nitrogens is 1. The Morgan fingerprint density at radius 1 is 1.15 bits per heavy atom. The maximum atomic E-state index is 13.4. The number of benzene rings is 1. The highest BCUT2D eigenvalue weighted by molar-refractivity contribution is 5.96. The summed E-state index contributed by atoms with van der Waals surface area (Å²) in [6.45, 7) is 5.64. The van der Waals surface area contributed by atoms with Crippen molar-refractivity contribution in [2.24, 2.45) is 0 Å². The highest BCUT2D eigenvalue weighted by atomic mass is 16.5. The van der Waals surface area contributed by atoms with E-state index >= 15 is 0 Å². The van der Waals surface area contributed by atoms with Crippen LogP contribution in [0, 0.1) is 0 Å². The summed E-state index contributed by atoms with van der Waals surface area (Å²) < 4.78 is 11.3. The monoisotopic (exact) mass is 452 g/mol. The van der Waals surface area contributed by atoms with Crippen LogP contribution in [0.1, 0.15) is 28.9 Å². The summed E-state index contributed by atoms with van der Waals surface area (Å²) in [6.07, 6.45) is 3.07. The number of amides is 2. The zero-order chi connectivity index (χ0) is 23.1. The van der Waals surface area contributed by atoms with Gasteiger partial charge in [-0.05, 0) is 43.2 Å². The molecule has 1 unspecified atom stereocenters. The van der Waals surface area contributed by atoms with Crippen LogP contribution >= 0.6 is 0 Å². The molecule has 3 heterocycles. The molecule has 1 atom stereocenters. The molecule has 2 aromatic rings. The van der Waals surface area contributed by atoms with Gasteiger partial charge in [0.25, 0.3) is 5.91 Å². The van der Waals surface area contributed by atoms with Gasteiger partial charge < -0.3 is 19.7 Å². The number of carbonyl (C=O) groups is 2. The molecule has 0 spiro atoms. The first-order valence-corrected chi connectivity index (χ1v) is 11.6. The third-order valence-corrected chi connectivity index (χ3v) is 6.46. The number of piperidine rings is 1. The quantitative estimate of drug-likeness (QED) is 0.689. The molecule has 2 amide bonds. The lowest BCUT2D eigenvalue weighted by Crippen LogP contribution is -2.56. The molecule has 176 valence electrons. The molecule has 1 N–H and O–H groups in total. The van der Waals surface area contributed by atoms with E-state index in [-0.39, 0.29) is 11.8 Å². The molecule has 1 aromatic heterocycles. The number of nitrogens with one attached hydrogen (secondary N) is 1. The summed E-state index contributed by atoms with van der Waals surface area (Å²) >= 11 is 0. The molecule has 0 saturated carbocycles. The second kappa shape index (κ2) is 10.8. The first-order chi connectivity index (χ1) is 16.1. The predicted octanol–water partition coefficient (Wildman–Crippen LogP) is 1.71. The second-order valence-corrected chi connectivity index (χ2v) is 8.54. The molecule has 2 aliphatic heterocycles. The average Bonchev–Trinajstić information content (AvgIpc) is 2.89. The van der Waals surface area contributed by atoms with Crippen molar-refractivity contribution in [3.63, 3.8) is 0 Å². The van der Waals surface area contributed by atoms with Crippen LogP contribution in [0.15, 0.2) is 48.7 Å². The van der Waals surface area contributed by atoms with Gasteiger partial charge in [-0.3, -0.25) is 19.5 Å². The summed E-state index contributed by atoms with van der Waals surface area (Å²) in [5, 5.41) is 2.78. The Morgan fingerprint density at radius 2 is 2.00 bits per heavy atom. The number of hydrogen-bond acceptors (Lipinski definition) is 6. The van der Waals surface area contributed by atoms with Crippen molar-refractivity contribution in [3.05, 3.63) is 59.9 Å². The van der Waals surface area contributed by atoms with Crippen molar-refractivity contribution in [1.29, 1.82) is 0 Å². The Bertz CT molecular complexity index is 948. The van der Waals surface area contributed by atoms with Crippen LogP contribution in [0.2, 0.25) is 0 Å². The zero-order valence-corrected chi connectivity index (χ0v) is 19.2. The van der Waals surface area contributed by atoms with Gasteiger partial charge >= 0.3 is 0 Å². The largest absolute Gasteiger partial charge is 0.492 e. The van der Waals surface area contributed by atoms with E-state index in [2.05, 4.69) is 15.2 Å². The Hall–Kier alpha value is -2.97. The molecular formula is C25H32N4O4. The minimum atomic E-state index is -0.851. The smallest absolute Gasteiger partial charge is 0.254 e. The van der Waals surface area contributed by atoms with E-state index in [0.29, 0.717) is 43.1 Å². The fourth-order valence-corrected chi connectivity index (χ4v) is 4.64. The molecule has 0 bridgehead atoms. The lowest BCUT2D eigenvalue weighted by molar-refractivity contribution is -0.128. The second-order valence-electron chi connectivity index (χ2n) is 8.54. The van der Waals surface area contributed by atoms with Gasteiger partial charge in [0.05, 0.1) is 18.9 Å². The van der Waals surface area contributed by atoms with Crippen LogP contribution in [0.5, 0.6) is 5.75 Å². The van der Waals surface area contributed by atoms with Crippen molar-refractivity contribution in [2.45, 2.75) is 18.3 Å². The molecule has 1 aromatic carbocycles. The molecule has 2 aliphatic rings. The lowest BCUT2D eigenvalue weighted by Gasteiger charge is -2.41. The number of likely N-dealkylation sites (N-methyl/N-ethyl adjacent to an activating group) is 1. The number of pyridine rings is 1. The summed E-state index contributed by atoms with van der Waals surface area (Å²) in [4.78, 5) is 34.9. The van der Waals surface area contributed by atoms with Crippen molar-refractivity contribution < 1.29 is 19.1 Å². The molecular weight excluding hydrogens is 420 g/mol. The molecule has 8 heteroatoms. The van der Waals surface area contributed by atoms with E-state index in [1.807, 2.05) is 30.3 Å². The van der Waals surface area contributed by atoms with Gasteiger partial charge in [0, 0.05) is 51.5 Å². The number of carbonyl (C=O) groups excluding carboxylic acids is 2. The highest BCUT2D eigenvalue weighted by Gasteiger charge is 2.45. The number of ether oxygens (including phenoxy) is 2. The van der Waals surface area contributed by atoms with Crippen LogP contribution in [-0.2, 0) is 14.9 Å². The molecule has 0 aliphatic carbocycles. The van der Waals surface area contributed by atoms with E-state index in [1.54, 1.807) is 30.3 Å². The van der Waals surface area contributed by atoms with E-state index < -0.39 is 5.41 Å². The molecule has 0 radical (unpaired) electrons. The van der Waals surface area contributed by atoms with Crippen molar-refractivity contribution >= 4 is 11.8 Å². The summed E-state index contributed by atoms with van der Waals surface area (Å²) in [5.41, 5.74) is 0.408. The standard InChI is InChI=1S/C25H32N4O4/c1-26-24(31)25(22-8-2-3-10-27-22)9-5-11-29(19-25)23(30)20-6-4-7-21(18-20)33-17-14-28-12-15-32-16-13-28/h2-4,6-8,10,18H,5,9,11-17,19H2,1H3,(H,26,31). The third kappa shape index (κ3) is 5.34. The predicted molar refractivity (Wildman–Crippen MR) is 124 cm³/mol. The fourth-order valence-electron chi connectivity index (χ4n) is 4.64. The minimum absolute atomic E-state index is 0.0995. The Kier molecular flexibility index (Phi) is 7.57. The fraction of sp³-hybridized carbons (Fsp3) is 0.480. The van der Waals surface area contributed by atoms with Crippen LogP contribution in [0.25, 0.3) is 0 Å². The summed E-state index contributed by atoms with van der Waals surface area (Å²) in [6, 6.07) is 12.9. The summed E-state index contributed by atoms with van der Waals surface area (Å²) in [7, 11) is 1.63. The molecule has 4 rings (SSSR count). The van der Waals surface area contributed by atoms with Crippen LogP contribution in [0.3, 0.4) is 0 Å². The lowest BCUT2D eigenvalue weighted by atomic mass is 9.75. The maximum absolute atomic E-state index is 13.4. The van der Waals surface area contributed by atoms with Gasteiger partial charge in [0.2, 0.25) is 5.91 Å². The SMILES string of the molecule is CNC(=O)C1(c2ccccn2)CCCN(C(=O)c2cccc(OCCN3CCOCC3)c2)C1. The molecule has 2 fully saturated rings. The van der Waals surface area contributed by atoms with E-state index in [9.17, 15) is 9.59 Å². The third-order valence-electron chi connectivity index (χ3n) is 6.46. The van der Waals surface area contributed by atoms with Gasteiger partial charge in [-0.25, -0.2) is 0 Å². The van der Waals surface area contributed by atoms with Crippen molar-refractivity contribution in [2.75, 3.05) is 59.6 Å². The van der Waals surface area contributed by atoms with Crippen LogP contribution in [-0.4, -0.2) is 86.2 Å². The van der Waals surface area contributed by atoms with Gasteiger partial charge in [-0.15, -0.1) is 0 Å². The Morgan fingerprint density at radius 3 is 2.76 bits per heavy atom. The number of hydrogen-bond donors (Lipinski definition) is 1. The summed E-state index contributed by atoms with van der Waals surface area (Å²) in [5.74, 6) is 0.463. The normalized spacial score (nSPS) is 21.4. The highest BCUT2D eigenvalue weighted by Crippen LogP contribution is 2.34. The first kappa shape index (κ1) is 23.2. The van der Waals surface area contributed by atoms with E-state index in [0.717, 1.165) is 39.3 Å². The molecule has 2 saturated heterocycles. The van der Waals surface area contributed by atoms with E-state index in [4.69, 9.17) is 9.47 Å². The topological polar surface area (TPSA) is 84.0 Å². The molecule has 33 heavy (non-hydrogen) atoms. The zero-order valence-electron chi connectivity index (χ0n) is 19.2. The molecule has 8 nitrogen and oxygen atoms in total. The number of nitrogens with zero attached hydrogens (tertiary/aromatic N) is 3. The number of likely N-dealkylation sites (tertiary alicyclic amines) is 1. The van der Waals surface area contributed by atoms with Crippen LogP contribution < -0.4 is 10.1 Å². The average molecular weight is 453 g/mol. The van der Waals surface area contributed by atoms with Crippen molar-refractivity contribution in [1.82, 2.24) is 20.1 Å². The Labute approximate surface area is 194 Å². The van der Waals surface area contributed by atoms with Crippen molar-refractivity contribution in [3.8, 4) is 5.75 Å². The minimum Gasteiger partial charge on any atom is -0.492 e. The van der Waals surface area contributed by atoms with E-state index in [1.165, 1.54) is 0 Å².